The van der Waals surface area contributed by atoms with Gasteiger partial charge in [-0.3, -0.25) is 9.78 Å². The number of hydrogen-bond donors (Lipinski definition) is 2. The average Bonchev–Trinajstić information content (AvgIpc) is 2.79. The van der Waals surface area contributed by atoms with Gasteiger partial charge in [0.15, 0.2) is 0 Å². The number of nitrogen functional groups attached to an aromatic ring is 1. The van der Waals surface area contributed by atoms with E-state index in [-0.39, 0.29) is 12.5 Å². The Balaban J connectivity index is 2.22. The molecule has 0 spiro atoms. The van der Waals surface area contributed by atoms with Crippen molar-refractivity contribution in [3.05, 3.63) is 18.5 Å². The zero-order valence-corrected chi connectivity index (χ0v) is 9.80. The van der Waals surface area contributed by atoms with Crippen LogP contribution in [-0.2, 0) is 4.79 Å². The van der Waals surface area contributed by atoms with Crippen molar-refractivity contribution in [3.63, 3.8) is 0 Å². The minimum atomic E-state index is -0.320. The molecule has 5 heteroatoms. The largest absolute Gasteiger partial charge is 0.397 e. The second-order valence-corrected chi connectivity index (χ2v) is 4.51. The number of nitrogens with zero attached hydrogens (tertiary/aromatic N) is 2. The van der Waals surface area contributed by atoms with Crippen LogP contribution in [0.15, 0.2) is 18.5 Å². The van der Waals surface area contributed by atoms with Crippen LogP contribution in [0.3, 0.4) is 0 Å². The molecule has 92 valence electrons. The summed E-state index contributed by atoms with van der Waals surface area (Å²) in [6.45, 7) is 0.232. The zero-order valence-electron chi connectivity index (χ0n) is 9.80. The Morgan fingerprint density at radius 3 is 2.71 bits per heavy atom. The summed E-state index contributed by atoms with van der Waals surface area (Å²) in [6, 6.07) is 2.22. The topological polar surface area (TPSA) is 85.2 Å². The van der Waals surface area contributed by atoms with Crippen LogP contribution in [0.1, 0.15) is 25.7 Å². The molecule has 0 unspecified atom stereocenters. The monoisotopic (exact) mass is 234 g/mol. The van der Waals surface area contributed by atoms with E-state index in [0.29, 0.717) is 11.7 Å². The number of anilines is 2. The Kier molecular flexibility index (Phi) is 3.46. The smallest absolute Gasteiger partial charge is 0.236 e. The van der Waals surface area contributed by atoms with Crippen LogP contribution in [0.25, 0.3) is 0 Å². The Hall–Kier alpha value is -1.78. The summed E-state index contributed by atoms with van der Waals surface area (Å²) in [5.41, 5.74) is 12.5. The molecule has 1 aromatic heterocycles. The predicted octanol–water partition coefficient (Wildman–Crippen LogP) is 0.898. The van der Waals surface area contributed by atoms with Gasteiger partial charge < -0.3 is 16.4 Å². The molecule has 2 rings (SSSR count). The lowest BCUT2D eigenvalue weighted by molar-refractivity contribution is -0.116. The number of amides is 1. The van der Waals surface area contributed by atoms with Crippen molar-refractivity contribution in [2.45, 2.75) is 31.7 Å². The normalized spacial score (nSPS) is 16.0. The molecule has 1 aromatic rings. The molecule has 1 aliphatic rings. The molecule has 4 N–H and O–H groups in total. The SMILES string of the molecule is NC(=O)CN(c1cncc(N)c1)C1CCCC1. The van der Waals surface area contributed by atoms with Crippen LogP contribution in [0, 0.1) is 0 Å². The zero-order chi connectivity index (χ0) is 12.3. The second kappa shape index (κ2) is 5.03. The minimum absolute atomic E-state index is 0.232. The highest BCUT2D eigenvalue weighted by atomic mass is 16.1. The Bertz CT molecular complexity index is 401. The summed E-state index contributed by atoms with van der Waals surface area (Å²) in [7, 11) is 0. The van der Waals surface area contributed by atoms with Crippen molar-refractivity contribution in [1.29, 1.82) is 0 Å². The van der Waals surface area contributed by atoms with Crippen LogP contribution in [-0.4, -0.2) is 23.5 Å². The van der Waals surface area contributed by atoms with Gasteiger partial charge in [0.25, 0.3) is 0 Å². The maximum absolute atomic E-state index is 11.2. The fourth-order valence-corrected chi connectivity index (χ4v) is 2.42. The second-order valence-electron chi connectivity index (χ2n) is 4.51. The van der Waals surface area contributed by atoms with E-state index in [1.54, 1.807) is 12.4 Å². The van der Waals surface area contributed by atoms with Gasteiger partial charge in [0.05, 0.1) is 24.1 Å². The molecule has 1 fully saturated rings. The van der Waals surface area contributed by atoms with E-state index in [9.17, 15) is 4.79 Å². The molecule has 1 aliphatic carbocycles. The maximum atomic E-state index is 11.2. The summed E-state index contributed by atoms with van der Waals surface area (Å²) in [6.07, 6.45) is 7.94. The highest BCUT2D eigenvalue weighted by Gasteiger charge is 2.24. The van der Waals surface area contributed by atoms with Crippen molar-refractivity contribution in [3.8, 4) is 0 Å². The molecule has 0 radical (unpaired) electrons. The molecule has 0 aliphatic heterocycles. The summed E-state index contributed by atoms with van der Waals surface area (Å²) in [5, 5.41) is 0. The molecular weight excluding hydrogens is 216 g/mol. The van der Waals surface area contributed by atoms with E-state index < -0.39 is 0 Å². The van der Waals surface area contributed by atoms with E-state index in [4.69, 9.17) is 11.5 Å². The van der Waals surface area contributed by atoms with Crippen LogP contribution >= 0.6 is 0 Å². The van der Waals surface area contributed by atoms with E-state index in [1.165, 1.54) is 12.8 Å². The molecule has 0 atom stereocenters. The van der Waals surface area contributed by atoms with Crippen molar-refractivity contribution < 1.29 is 4.79 Å². The first-order valence-corrected chi connectivity index (χ1v) is 5.92. The minimum Gasteiger partial charge on any atom is -0.397 e. The van der Waals surface area contributed by atoms with Gasteiger partial charge in [0.1, 0.15) is 0 Å². The molecule has 17 heavy (non-hydrogen) atoms. The van der Waals surface area contributed by atoms with Crippen LogP contribution < -0.4 is 16.4 Å². The van der Waals surface area contributed by atoms with Crippen LogP contribution in [0.4, 0.5) is 11.4 Å². The number of pyridine rings is 1. The highest BCUT2D eigenvalue weighted by molar-refractivity contribution is 5.80. The van der Waals surface area contributed by atoms with Gasteiger partial charge in [-0.1, -0.05) is 12.8 Å². The van der Waals surface area contributed by atoms with Gasteiger partial charge in [0, 0.05) is 12.2 Å². The highest BCUT2D eigenvalue weighted by Crippen LogP contribution is 2.28. The summed E-state index contributed by atoms with van der Waals surface area (Å²) in [4.78, 5) is 17.2. The summed E-state index contributed by atoms with van der Waals surface area (Å²) in [5.74, 6) is -0.320. The predicted molar refractivity (Wildman–Crippen MR) is 67.4 cm³/mol. The number of rotatable bonds is 4. The van der Waals surface area contributed by atoms with Crippen molar-refractivity contribution in [2.75, 3.05) is 17.2 Å². The summed E-state index contributed by atoms with van der Waals surface area (Å²) < 4.78 is 0. The van der Waals surface area contributed by atoms with Gasteiger partial charge in [-0.25, -0.2) is 0 Å². The van der Waals surface area contributed by atoms with Crippen LogP contribution in [0.5, 0.6) is 0 Å². The maximum Gasteiger partial charge on any atom is 0.236 e. The molecule has 0 saturated heterocycles. The van der Waals surface area contributed by atoms with Crippen molar-refractivity contribution >= 4 is 17.3 Å². The van der Waals surface area contributed by atoms with E-state index in [1.807, 2.05) is 11.0 Å². The lowest BCUT2D eigenvalue weighted by Gasteiger charge is -2.29. The summed E-state index contributed by atoms with van der Waals surface area (Å²) >= 11 is 0. The Morgan fingerprint density at radius 1 is 1.41 bits per heavy atom. The van der Waals surface area contributed by atoms with Gasteiger partial charge in [-0.15, -0.1) is 0 Å². The van der Waals surface area contributed by atoms with Gasteiger partial charge in [0.2, 0.25) is 5.91 Å². The number of aromatic nitrogens is 1. The van der Waals surface area contributed by atoms with Crippen molar-refractivity contribution in [1.82, 2.24) is 4.98 Å². The molecule has 0 aromatic carbocycles. The number of carbonyl (C=O) groups is 1. The molecule has 1 heterocycles. The number of nitrogens with two attached hydrogens (primary N) is 2. The van der Waals surface area contributed by atoms with Gasteiger partial charge in [-0.05, 0) is 18.9 Å². The molecule has 1 saturated carbocycles. The third-order valence-corrected chi connectivity index (χ3v) is 3.17. The van der Waals surface area contributed by atoms with Gasteiger partial charge in [-0.2, -0.15) is 0 Å². The third-order valence-electron chi connectivity index (χ3n) is 3.17. The molecule has 1 amide bonds. The Labute approximate surface area is 101 Å². The number of hydrogen-bond acceptors (Lipinski definition) is 4. The fraction of sp³-hybridized carbons (Fsp3) is 0.500. The Morgan fingerprint density at radius 2 is 2.12 bits per heavy atom. The third kappa shape index (κ3) is 2.87. The van der Waals surface area contributed by atoms with E-state index in [2.05, 4.69) is 4.98 Å². The molecular formula is C12H18N4O. The van der Waals surface area contributed by atoms with Crippen LogP contribution in [0.2, 0.25) is 0 Å². The standard InChI is InChI=1S/C12H18N4O/c13-9-5-11(7-15-6-9)16(8-12(14)17)10-3-1-2-4-10/h5-7,10H,1-4,8,13H2,(H2,14,17). The lowest BCUT2D eigenvalue weighted by atomic mass is 10.2. The number of primary amides is 1. The molecule has 5 nitrogen and oxygen atoms in total. The first kappa shape index (κ1) is 11.7. The van der Waals surface area contributed by atoms with Crippen molar-refractivity contribution in [2.24, 2.45) is 5.73 Å². The fourth-order valence-electron chi connectivity index (χ4n) is 2.42. The quantitative estimate of drug-likeness (QED) is 0.810. The van der Waals surface area contributed by atoms with Gasteiger partial charge >= 0.3 is 0 Å². The van der Waals surface area contributed by atoms with E-state index in [0.717, 1.165) is 18.5 Å². The van der Waals surface area contributed by atoms with E-state index >= 15 is 0 Å². The average molecular weight is 234 g/mol. The number of carbonyl (C=O) groups excluding carboxylic acids is 1. The molecule has 0 bridgehead atoms. The first-order valence-electron chi connectivity index (χ1n) is 5.92. The first-order chi connectivity index (χ1) is 8.16. The lowest BCUT2D eigenvalue weighted by Crippen LogP contribution is -2.40.